The van der Waals surface area contributed by atoms with Crippen LogP contribution in [-0.4, -0.2) is 44.9 Å². The number of ether oxygens (including phenoxy) is 1. The normalized spacial score (nSPS) is 14.1. The second-order valence-electron chi connectivity index (χ2n) is 3.52. The zero-order valence-electron chi connectivity index (χ0n) is 9.30. The third-order valence-corrected chi connectivity index (χ3v) is 1.93. The number of carboxylic acids is 1. The second-order valence-corrected chi connectivity index (χ2v) is 3.52. The van der Waals surface area contributed by atoms with Gasteiger partial charge in [0.05, 0.1) is 6.54 Å². The Morgan fingerprint density at radius 1 is 1.56 bits per heavy atom. The summed E-state index contributed by atoms with van der Waals surface area (Å²) in [6.45, 7) is -2.48. The lowest BCUT2D eigenvalue weighted by atomic mass is 10.1. The number of aliphatic hydroxyl groups is 1. The fourth-order valence-electron chi connectivity index (χ4n) is 0.949. The molecule has 0 fully saturated rings. The highest BCUT2D eigenvalue weighted by Crippen LogP contribution is 2.20. The van der Waals surface area contributed by atoms with E-state index < -0.39 is 30.6 Å². The molecule has 7 nitrogen and oxygen atoms in total. The average Bonchev–Trinajstić information content (AvgIpc) is 2.27. The Bertz CT molecular complexity index is 428. The van der Waals surface area contributed by atoms with Crippen LogP contribution in [-0.2, 0) is 4.79 Å². The lowest BCUT2D eigenvalue weighted by Gasteiger charge is -2.19. The van der Waals surface area contributed by atoms with Crippen LogP contribution in [0.25, 0.3) is 0 Å². The van der Waals surface area contributed by atoms with Gasteiger partial charge in [0.1, 0.15) is 0 Å². The number of nitrogens with zero attached hydrogens (tertiary/aromatic N) is 2. The SMILES string of the molecule is CC(O)(CNc1nccnc1OC(F)F)C(=O)O. The molecule has 0 radical (unpaired) electrons. The molecule has 3 N–H and O–H groups in total. The average molecular weight is 263 g/mol. The number of halogens is 2. The molecule has 1 heterocycles. The monoisotopic (exact) mass is 263 g/mol. The van der Waals surface area contributed by atoms with Crippen molar-refractivity contribution in [3.63, 3.8) is 0 Å². The van der Waals surface area contributed by atoms with Crippen molar-refractivity contribution < 1.29 is 28.5 Å². The van der Waals surface area contributed by atoms with Crippen LogP contribution in [0.15, 0.2) is 12.4 Å². The summed E-state index contributed by atoms with van der Waals surface area (Å²) in [5.41, 5.74) is -2.07. The van der Waals surface area contributed by atoms with Crippen molar-refractivity contribution in [3.8, 4) is 5.88 Å². The van der Waals surface area contributed by atoms with Gasteiger partial charge in [-0.2, -0.15) is 8.78 Å². The molecule has 1 aromatic heterocycles. The summed E-state index contributed by atoms with van der Waals surface area (Å²) in [6, 6.07) is 0. The number of hydrogen-bond acceptors (Lipinski definition) is 6. The minimum Gasteiger partial charge on any atom is -0.479 e. The largest absolute Gasteiger partial charge is 0.479 e. The van der Waals surface area contributed by atoms with Crippen LogP contribution in [0.2, 0.25) is 0 Å². The summed E-state index contributed by atoms with van der Waals surface area (Å²) in [4.78, 5) is 17.8. The van der Waals surface area contributed by atoms with Crippen LogP contribution in [0.3, 0.4) is 0 Å². The number of carbonyl (C=O) groups is 1. The van der Waals surface area contributed by atoms with Gasteiger partial charge in [0.25, 0.3) is 5.88 Å². The highest BCUT2D eigenvalue weighted by atomic mass is 19.3. The third-order valence-electron chi connectivity index (χ3n) is 1.93. The van der Waals surface area contributed by atoms with E-state index >= 15 is 0 Å². The molecule has 0 bridgehead atoms. The maximum absolute atomic E-state index is 12.0. The van der Waals surface area contributed by atoms with Gasteiger partial charge in [0.15, 0.2) is 11.4 Å². The summed E-state index contributed by atoms with van der Waals surface area (Å²) < 4.78 is 28.2. The van der Waals surface area contributed by atoms with Crippen molar-refractivity contribution in [2.45, 2.75) is 19.1 Å². The van der Waals surface area contributed by atoms with Crippen molar-refractivity contribution in [1.29, 1.82) is 0 Å². The number of carboxylic acid groups (broad SMARTS) is 1. The van der Waals surface area contributed by atoms with Gasteiger partial charge in [0, 0.05) is 12.4 Å². The first-order valence-electron chi connectivity index (χ1n) is 4.78. The van der Waals surface area contributed by atoms with Crippen molar-refractivity contribution in [2.75, 3.05) is 11.9 Å². The van der Waals surface area contributed by atoms with E-state index in [2.05, 4.69) is 20.0 Å². The molecule has 18 heavy (non-hydrogen) atoms. The van der Waals surface area contributed by atoms with Crippen LogP contribution in [0, 0.1) is 0 Å². The summed E-state index contributed by atoms with van der Waals surface area (Å²) in [6.07, 6.45) is 2.34. The number of hydrogen-bond donors (Lipinski definition) is 3. The Balaban J connectivity index is 2.76. The Kier molecular flexibility index (Phi) is 4.32. The fraction of sp³-hybridized carbons (Fsp3) is 0.444. The molecule has 0 spiro atoms. The van der Waals surface area contributed by atoms with Gasteiger partial charge in [-0.25, -0.2) is 14.8 Å². The van der Waals surface area contributed by atoms with E-state index in [-0.39, 0.29) is 5.82 Å². The molecule has 0 aliphatic carbocycles. The number of alkyl halides is 2. The molecule has 1 aromatic rings. The highest BCUT2D eigenvalue weighted by molar-refractivity contribution is 5.77. The molecular formula is C9H11F2N3O4. The Hall–Kier alpha value is -2.03. The predicted molar refractivity (Wildman–Crippen MR) is 55.4 cm³/mol. The molecule has 0 aliphatic heterocycles. The van der Waals surface area contributed by atoms with E-state index in [1.165, 1.54) is 6.20 Å². The van der Waals surface area contributed by atoms with Crippen LogP contribution >= 0.6 is 0 Å². The molecule has 100 valence electrons. The molecule has 0 saturated carbocycles. The molecule has 0 amide bonds. The lowest BCUT2D eigenvalue weighted by molar-refractivity contribution is -0.155. The number of aliphatic carboxylic acids is 1. The van der Waals surface area contributed by atoms with Crippen LogP contribution in [0.5, 0.6) is 5.88 Å². The number of rotatable bonds is 6. The molecular weight excluding hydrogens is 252 g/mol. The molecule has 1 unspecified atom stereocenters. The predicted octanol–water partition coefficient (Wildman–Crippen LogP) is 0.325. The number of anilines is 1. The maximum Gasteiger partial charge on any atom is 0.388 e. The quantitative estimate of drug-likeness (QED) is 0.679. The smallest absolute Gasteiger partial charge is 0.388 e. The maximum atomic E-state index is 12.0. The fourth-order valence-corrected chi connectivity index (χ4v) is 0.949. The van der Waals surface area contributed by atoms with Crippen molar-refractivity contribution in [1.82, 2.24) is 9.97 Å². The number of aromatic nitrogens is 2. The van der Waals surface area contributed by atoms with E-state index in [1.807, 2.05) is 0 Å². The molecule has 1 rings (SSSR count). The van der Waals surface area contributed by atoms with Gasteiger partial charge in [-0.3, -0.25) is 0 Å². The summed E-state index contributed by atoms with van der Waals surface area (Å²) in [5, 5.41) is 20.5. The minimum absolute atomic E-state index is 0.181. The Labute approximate surface area is 100 Å². The van der Waals surface area contributed by atoms with E-state index in [4.69, 9.17) is 5.11 Å². The van der Waals surface area contributed by atoms with Gasteiger partial charge in [-0.15, -0.1) is 0 Å². The van der Waals surface area contributed by atoms with Gasteiger partial charge in [0.2, 0.25) is 0 Å². The van der Waals surface area contributed by atoms with E-state index in [0.717, 1.165) is 13.1 Å². The molecule has 1 atom stereocenters. The standard InChI is InChI=1S/C9H11F2N3O4/c1-9(17,7(15)16)4-14-5-6(18-8(10)11)13-3-2-12-5/h2-3,8,17H,4H2,1H3,(H,12,14)(H,15,16). The van der Waals surface area contributed by atoms with Gasteiger partial charge in [-0.05, 0) is 6.92 Å². The lowest BCUT2D eigenvalue weighted by Crippen LogP contribution is -2.42. The van der Waals surface area contributed by atoms with Gasteiger partial charge >= 0.3 is 12.6 Å². The first-order chi connectivity index (χ1) is 8.33. The second kappa shape index (κ2) is 5.54. The van der Waals surface area contributed by atoms with Gasteiger partial charge < -0.3 is 20.3 Å². The highest BCUT2D eigenvalue weighted by Gasteiger charge is 2.30. The third kappa shape index (κ3) is 3.77. The molecule has 0 aromatic carbocycles. The van der Waals surface area contributed by atoms with E-state index in [1.54, 1.807) is 0 Å². The molecule has 0 saturated heterocycles. The summed E-state index contributed by atoms with van der Waals surface area (Å²) >= 11 is 0. The molecule has 0 aliphatic rings. The first-order valence-corrected chi connectivity index (χ1v) is 4.78. The minimum atomic E-state index is -3.08. The zero-order chi connectivity index (χ0) is 13.8. The van der Waals surface area contributed by atoms with Crippen molar-refractivity contribution in [2.24, 2.45) is 0 Å². The van der Waals surface area contributed by atoms with Crippen LogP contribution < -0.4 is 10.1 Å². The van der Waals surface area contributed by atoms with Crippen LogP contribution in [0.4, 0.5) is 14.6 Å². The van der Waals surface area contributed by atoms with Crippen LogP contribution in [0.1, 0.15) is 6.92 Å². The zero-order valence-corrected chi connectivity index (χ0v) is 9.30. The summed E-state index contributed by atoms with van der Waals surface area (Å²) in [7, 11) is 0. The van der Waals surface area contributed by atoms with E-state index in [0.29, 0.717) is 0 Å². The Morgan fingerprint density at radius 3 is 2.72 bits per heavy atom. The number of nitrogens with one attached hydrogen (secondary N) is 1. The van der Waals surface area contributed by atoms with Gasteiger partial charge in [-0.1, -0.05) is 0 Å². The van der Waals surface area contributed by atoms with E-state index in [9.17, 15) is 18.7 Å². The van der Waals surface area contributed by atoms with Crippen molar-refractivity contribution >= 4 is 11.8 Å². The Morgan fingerprint density at radius 2 is 2.17 bits per heavy atom. The summed E-state index contributed by atoms with van der Waals surface area (Å²) in [5.74, 6) is -2.12. The topological polar surface area (TPSA) is 105 Å². The van der Waals surface area contributed by atoms with Crippen molar-refractivity contribution in [3.05, 3.63) is 12.4 Å². The molecule has 9 heteroatoms. The first kappa shape index (κ1) is 14.0.